The van der Waals surface area contributed by atoms with E-state index in [4.69, 9.17) is 20.9 Å². The molecule has 0 spiro atoms. The van der Waals surface area contributed by atoms with Gasteiger partial charge in [-0.2, -0.15) is 0 Å². The fourth-order valence-corrected chi connectivity index (χ4v) is 4.45. The van der Waals surface area contributed by atoms with Crippen molar-refractivity contribution in [3.8, 4) is 0 Å². The fraction of sp³-hybridized carbons (Fsp3) is 0.882. The maximum Gasteiger partial charge on any atom is 2.00 e. The summed E-state index contributed by atoms with van der Waals surface area (Å²) in [7, 11) is 0. The Morgan fingerprint density at radius 3 is 1.09 bits per heavy atom. The Labute approximate surface area is 295 Å². The van der Waals surface area contributed by atoms with Crippen LogP contribution in [0.4, 0.5) is 0 Å². The molecule has 0 aliphatic carbocycles. The fourth-order valence-electron chi connectivity index (χ4n) is 4.45. The van der Waals surface area contributed by atoms with E-state index in [9.17, 15) is 29.4 Å². The van der Waals surface area contributed by atoms with Gasteiger partial charge in [0, 0.05) is 25.9 Å². The van der Waals surface area contributed by atoms with Crippen molar-refractivity contribution >= 4 is 23.8 Å². The summed E-state index contributed by atoms with van der Waals surface area (Å²) >= 11 is 0. The molecular formula is C34H66CuN4O8. The Morgan fingerprint density at radius 2 is 0.809 bits per heavy atom. The van der Waals surface area contributed by atoms with Crippen LogP contribution < -0.4 is 32.3 Å². The van der Waals surface area contributed by atoms with Crippen molar-refractivity contribution in [2.45, 2.75) is 154 Å². The zero-order valence-electron chi connectivity index (χ0n) is 29.3. The van der Waals surface area contributed by atoms with Crippen LogP contribution in [0.1, 0.15) is 142 Å². The van der Waals surface area contributed by atoms with E-state index < -0.39 is 24.0 Å². The minimum atomic E-state index is -1.33. The maximum absolute atomic E-state index is 11.6. The van der Waals surface area contributed by atoms with Crippen molar-refractivity contribution in [2.75, 3.05) is 39.5 Å². The Kier molecular flexibility index (Phi) is 40.8. The largest absolute Gasteiger partial charge is 2.00 e. The van der Waals surface area contributed by atoms with Gasteiger partial charge in [-0.3, -0.25) is 9.59 Å². The molecule has 0 heterocycles. The number of ether oxygens (including phenoxy) is 2. The Morgan fingerprint density at radius 1 is 0.532 bits per heavy atom. The molecule has 0 saturated heterocycles. The number of hydrogen-bond acceptors (Lipinski definition) is 10. The second kappa shape index (κ2) is 38.7. The third-order valence-corrected chi connectivity index (χ3v) is 7.35. The first kappa shape index (κ1) is 49.6. The Balaban J connectivity index is -0.000000807. The first-order valence-corrected chi connectivity index (χ1v) is 17.8. The van der Waals surface area contributed by atoms with Gasteiger partial charge >= 0.3 is 17.1 Å². The van der Waals surface area contributed by atoms with Gasteiger partial charge in [-0.1, -0.05) is 117 Å². The first-order valence-electron chi connectivity index (χ1n) is 17.8. The predicted octanol–water partition coefficient (Wildman–Crippen LogP) is 2.23. The second-order valence-electron chi connectivity index (χ2n) is 11.9. The average Bonchev–Trinajstić information content (AvgIpc) is 3.02. The summed E-state index contributed by atoms with van der Waals surface area (Å²) < 4.78 is 10.1. The van der Waals surface area contributed by atoms with E-state index in [1.807, 2.05) is 0 Å². The zero-order valence-corrected chi connectivity index (χ0v) is 30.2. The number of carbonyl (C=O) groups excluding carboxylic acids is 4. The van der Waals surface area contributed by atoms with Crippen LogP contribution in [0.15, 0.2) is 0 Å². The minimum absolute atomic E-state index is 0. The maximum atomic E-state index is 11.6. The summed E-state index contributed by atoms with van der Waals surface area (Å²) in [6.45, 7) is 5.49. The molecule has 0 rings (SSSR count). The summed E-state index contributed by atoms with van der Waals surface area (Å²) in [5.41, 5.74) is 10.4. The van der Waals surface area contributed by atoms with Gasteiger partial charge in [0.1, 0.15) is 0 Å². The molecule has 0 bridgehead atoms. The van der Waals surface area contributed by atoms with Gasteiger partial charge in [-0.25, -0.2) is 0 Å². The van der Waals surface area contributed by atoms with Gasteiger partial charge in [0.15, 0.2) is 0 Å². The zero-order chi connectivity index (χ0) is 34.7. The van der Waals surface area contributed by atoms with Gasteiger partial charge in [-0.15, -0.1) is 0 Å². The van der Waals surface area contributed by atoms with Gasteiger partial charge < -0.3 is 51.4 Å². The molecular weight excluding hydrogens is 656 g/mol. The van der Waals surface area contributed by atoms with Gasteiger partial charge in [-0.05, 0) is 12.8 Å². The van der Waals surface area contributed by atoms with E-state index >= 15 is 0 Å². The third-order valence-electron chi connectivity index (χ3n) is 7.35. The molecule has 6 N–H and O–H groups in total. The van der Waals surface area contributed by atoms with Gasteiger partial charge in [0.25, 0.3) is 0 Å². The summed E-state index contributed by atoms with van der Waals surface area (Å²) in [5.74, 6) is -2.64. The van der Waals surface area contributed by atoms with Crippen LogP contribution in [0, 0.1) is 0 Å². The molecule has 1 radical (unpaired) electrons. The van der Waals surface area contributed by atoms with Crippen molar-refractivity contribution in [3.63, 3.8) is 0 Å². The van der Waals surface area contributed by atoms with Crippen molar-refractivity contribution in [1.82, 2.24) is 10.6 Å². The number of carbonyl (C=O) groups is 4. The Bertz CT molecular complexity index is 689. The molecule has 0 unspecified atom stereocenters. The van der Waals surface area contributed by atoms with E-state index in [1.54, 1.807) is 0 Å². The summed E-state index contributed by atoms with van der Waals surface area (Å²) in [6.07, 6.45) is 23.2. The van der Waals surface area contributed by atoms with Crippen LogP contribution in [0.25, 0.3) is 0 Å². The molecule has 0 saturated carbocycles. The van der Waals surface area contributed by atoms with Crippen LogP contribution in [-0.4, -0.2) is 75.4 Å². The van der Waals surface area contributed by atoms with Crippen LogP contribution in [0.3, 0.4) is 0 Å². The standard InChI is InChI=1S/2C17H34N2O4.Cu/c2*1-2-3-4-5-6-7-8-9-10-11-16(20)19-12-13-23-14-15(18)17(21)22;/h2*15H,2-14,18H2,1H3,(H,19,20)(H,21,22);/q;;+2/p-2/t2*15-;/m00./s1. The molecule has 2 amide bonds. The minimum Gasteiger partial charge on any atom is -0.548 e. The molecule has 281 valence electrons. The molecule has 12 nitrogen and oxygen atoms in total. The Hall–Kier alpha value is -1.76. The van der Waals surface area contributed by atoms with Crippen LogP contribution in [-0.2, 0) is 45.7 Å². The van der Waals surface area contributed by atoms with Crippen molar-refractivity contribution in [2.24, 2.45) is 11.5 Å². The molecule has 0 aromatic rings. The average molecular weight is 722 g/mol. The monoisotopic (exact) mass is 721 g/mol. The number of amides is 2. The molecule has 0 aromatic carbocycles. The number of nitrogens with one attached hydrogen (secondary N) is 2. The number of rotatable bonds is 32. The van der Waals surface area contributed by atoms with Crippen LogP contribution >= 0.6 is 0 Å². The van der Waals surface area contributed by atoms with Crippen LogP contribution in [0.5, 0.6) is 0 Å². The summed E-state index contributed by atoms with van der Waals surface area (Å²) in [5, 5.41) is 26.2. The molecule has 2 atom stereocenters. The van der Waals surface area contributed by atoms with E-state index in [0.29, 0.717) is 25.9 Å². The van der Waals surface area contributed by atoms with Crippen molar-refractivity contribution in [1.29, 1.82) is 0 Å². The second-order valence-corrected chi connectivity index (χ2v) is 11.9. The summed E-state index contributed by atoms with van der Waals surface area (Å²) in [6, 6.07) is -2.24. The molecule has 0 fully saturated rings. The number of carboxylic acid groups (broad SMARTS) is 2. The molecule has 0 aliphatic rings. The van der Waals surface area contributed by atoms with E-state index in [2.05, 4.69) is 24.5 Å². The smallest absolute Gasteiger partial charge is 0.548 e. The summed E-state index contributed by atoms with van der Waals surface area (Å²) in [4.78, 5) is 43.8. The van der Waals surface area contributed by atoms with E-state index in [0.717, 1.165) is 25.7 Å². The number of hydrogen-bond donors (Lipinski definition) is 4. The number of unbranched alkanes of at least 4 members (excludes halogenated alkanes) is 16. The number of aliphatic carboxylic acids is 2. The van der Waals surface area contributed by atoms with E-state index in [1.165, 1.54) is 89.9 Å². The van der Waals surface area contributed by atoms with Gasteiger partial charge in [0.2, 0.25) is 11.8 Å². The van der Waals surface area contributed by atoms with Crippen LogP contribution in [0.2, 0.25) is 0 Å². The number of carboxylic acids is 2. The molecule has 0 aliphatic heterocycles. The number of nitrogens with two attached hydrogens (primary N) is 2. The topological polar surface area (TPSA) is 209 Å². The molecule has 47 heavy (non-hydrogen) atoms. The van der Waals surface area contributed by atoms with Crippen molar-refractivity contribution < 1.29 is 55.9 Å². The van der Waals surface area contributed by atoms with Gasteiger partial charge in [0.05, 0.1) is 50.4 Å². The van der Waals surface area contributed by atoms with Crippen molar-refractivity contribution in [3.05, 3.63) is 0 Å². The third kappa shape index (κ3) is 40.3. The predicted molar refractivity (Wildman–Crippen MR) is 177 cm³/mol. The normalized spacial score (nSPS) is 11.8. The van der Waals surface area contributed by atoms with E-state index in [-0.39, 0.29) is 55.3 Å². The molecule has 13 heteroatoms. The first-order chi connectivity index (χ1) is 22.1. The molecule has 0 aromatic heterocycles. The SMILES string of the molecule is CCCCCCCCCCCC(=O)NCCOC[C@H](N)C(=O)[O-].CCCCCCCCCCCC(=O)NCCOC[C@H](N)C(=O)[O-].[Cu+2]. The quantitative estimate of drug-likeness (QED) is 0.0588.